The Hall–Kier alpha value is -2.82. The highest BCUT2D eigenvalue weighted by atomic mass is 16.5. The predicted molar refractivity (Wildman–Crippen MR) is 87.8 cm³/mol. The summed E-state index contributed by atoms with van der Waals surface area (Å²) in [5, 5.41) is 2.68. The Morgan fingerprint density at radius 3 is 2.30 bits per heavy atom. The van der Waals surface area contributed by atoms with Crippen molar-refractivity contribution in [2.75, 3.05) is 6.61 Å². The Bertz CT molecular complexity index is 654. The van der Waals surface area contributed by atoms with Crippen LogP contribution in [0.5, 0.6) is 5.75 Å². The van der Waals surface area contributed by atoms with Crippen molar-refractivity contribution in [3.63, 3.8) is 0 Å². The van der Waals surface area contributed by atoms with Gasteiger partial charge in [0, 0.05) is 0 Å². The summed E-state index contributed by atoms with van der Waals surface area (Å²) < 4.78 is 5.36. The number of ether oxygens (including phenoxy) is 1. The van der Waals surface area contributed by atoms with Crippen molar-refractivity contribution in [2.45, 2.75) is 19.4 Å². The van der Waals surface area contributed by atoms with Crippen LogP contribution in [0.1, 0.15) is 24.1 Å². The van der Waals surface area contributed by atoms with Gasteiger partial charge in [-0.05, 0) is 30.2 Å². The number of carbonyl (C=O) groups excluding carboxylic acids is 2. The molecule has 1 atom stereocenters. The first-order valence-electron chi connectivity index (χ1n) is 7.45. The van der Waals surface area contributed by atoms with E-state index in [0.29, 0.717) is 12.2 Å². The van der Waals surface area contributed by atoms with Crippen LogP contribution in [0.15, 0.2) is 54.6 Å². The number of primary amides is 1. The molecule has 0 saturated heterocycles. The number of hydrogen-bond acceptors (Lipinski definition) is 3. The van der Waals surface area contributed by atoms with Gasteiger partial charge >= 0.3 is 0 Å². The minimum atomic E-state index is -0.827. The van der Waals surface area contributed by atoms with E-state index in [-0.39, 0.29) is 12.3 Å². The molecule has 5 heteroatoms. The molecule has 0 fully saturated rings. The normalized spacial score (nSPS) is 11.5. The SMILES string of the molecule is CCOc1ccc(CC(=O)NC(C(N)=O)c2ccccc2)cc1. The third kappa shape index (κ3) is 4.85. The van der Waals surface area contributed by atoms with Gasteiger partial charge in [0.2, 0.25) is 11.8 Å². The maximum Gasteiger partial charge on any atom is 0.244 e. The van der Waals surface area contributed by atoms with E-state index in [0.717, 1.165) is 11.3 Å². The average Bonchev–Trinajstić information content (AvgIpc) is 2.55. The molecule has 0 heterocycles. The molecule has 0 radical (unpaired) electrons. The zero-order valence-electron chi connectivity index (χ0n) is 13.0. The molecular formula is C18H20N2O3. The summed E-state index contributed by atoms with van der Waals surface area (Å²) in [5.41, 5.74) is 6.90. The van der Waals surface area contributed by atoms with E-state index >= 15 is 0 Å². The molecule has 120 valence electrons. The van der Waals surface area contributed by atoms with E-state index in [1.165, 1.54) is 0 Å². The van der Waals surface area contributed by atoms with Crippen LogP contribution >= 0.6 is 0 Å². The highest BCUT2D eigenvalue weighted by molar-refractivity contribution is 5.88. The first-order valence-corrected chi connectivity index (χ1v) is 7.45. The van der Waals surface area contributed by atoms with Crippen molar-refractivity contribution in [3.8, 4) is 5.75 Å². The zero-order valence-corrected chi connectivity index (χ0v) is 13.0. The van der Waals surface area contributed by atoms with Crippen LogP contribution in [-0.4, -0.2) is 18.4 Å². The monoisotopic (exact) mass is 312 g/mol. The number of amides is 2. The summed E-state index contributed by atoms with van der Waals surface area (Å²) in [7, 11) is 0. The highest BCUT2D eigenvalue weighted by Gasteiger charge is 2.19. The van der Waals surface area contributed by atoms with Gasteiger partial charge in [-0.3, -0.25) is 9.59 Å². The van der Waals surface area contributed by atoms with E-state index in [9.17, 15) is 9.59 Å². The van der Waals surface area contributed by atoms with Crippen LogP contribution in [0.25, 0.3) is 0 Å². The number of nitrogens with one attached hydrogen (secondary N) is 1. The Morgan fingerprint density at radius 2 is 1.74 bits per heavy atom. The summed E-state index contributed by atoms with van der Waals surface area (Å²) in [4.78, 5) is 23.8. The summed E-state index contributed by atoms with van der Waals surface area (Å²) in [6.07, 6.45) is 0.170. The van der Waals surface area contributed by atoms with Gasteiger partial charge in [-0.15, -0.1) is 0 Å². The van der Waals surface area contributed by atoms with Gasteiger partial charge in [-0.25, -0.2) is 0 Å². The Balaban J connectivity index is 2.00. The fraction of sp³-hybridized carbons (Fsp3) is 0.222. The minimum Gasteiger partial charge on any atom is -0.494 e. The van der Waals surface area contributed by atoms with Crippen LogP contribution in [-0.2, 0) is 16.0 Å². The van der Waals surface area contributed by atoms with Crippen molar-refractivity contribution in [3.05, 3.63) is 65.7 Å². The van der Waals surface area contributed by atoms with Crippen LogP contribution in [0, 0.1) is 0 Å². The van der Waals surface area contributed by atoms with E-state index in [1.807, 2.05) is 37.3 Å². The molecule has 0 bridgehead atoms. The van der Waals surface area contributed by atoms with Gasteiger partial charge < -0.3 is 15.8 Å². The zero-order chi connectivity index (χ0) is 16.7. The van der Waals surface area contributed by atoms with E-state index in [1.54, 1.807) is 24.3 Å². The second kappa shape index (κ2) is 7.98. The second-order valence-corrected chi connectivity index (χ2v) is 5.07. The molecule has 0 saturated carbocycles. The average molecular weight is 312 g/mol. The lowest BCUT2D eigenvalue weighted by Gasteiger charge is -2.16. The van der Waals surface area contributed by atoms with Crippen molar-refractivity contribution >= 4 is 11.8 Å². The topological polar surface area (TPSA) is 81.4 Å². The Morgan fingerprint density at radius 1 is 1.09 bits per heavy atom. The molecule has 0 spiro atoms. The molecule has 0 aliphatic carbocycles. The van der Waals surface area contributed by atoms with Crippen molar-refractivity contribution in [1.82, 2.24) is 5.32 Å². The first-order chi connectivity index (χ1) is 11.1. The third-order valence-corrected chi connectivity index (χ3v) is 3.32. The van der Waals surface area contributed by atoms with Gasteiger partial charge in [0.1, 0.15) is 11.8 Å². The van der Waals surface area contributed by atoms with Crippen LogP contribution in [0.2, 0.25) is 0 Å². The molecule has 3 N–H and O–H groups in total. The molecule has 2 aromatic carbocycles. The van der Waals surface area contributed by atoms with Crippen LogP contribution in [0.3, 0.4) is 0 Å². The summed E-state index contributed by atoms with van der Waals surface area (Å²) in [5.74, 6) is -0.0889. The Kier molecular flexibility index (Phi) is 5.74. The lowest BCUT2D eigenvalue weighted by Crippen LogP contribution is -2.38. The number of carbonyl (C=O) groups is 2. The summed E-state index contributed by atoms with van der Waals surface area (Å²) >= 11 is 0. The van der Waals surface area contributed by atoms with E-state index < -0.39 is 11.9 Å². The lowest BCUT2D eigenvalue weighted by atomic mass is 10.1. The van der Waals surface area contributed by atoms with Crippen molar-refractivity contribution < 1.29 is 14.3 Å². The maximum absolute atomic E-state index is 12.2. The van der Waals surface area contributed by atoms with Crippen molar-refractivity contribution in [1.29, 1.82) is 0 Å². The molecule has 2 aromatic rings. The molecule has 5 nitrogen and oxygen atoms in total. The second-order valence-electron chi connectivity index (χ2n) is 5.07. The standard InChI is InChI=1S/C18H20N2O3/c1-2-23-15-10-8-13(9-11-15)12-16(21)20-17(18(19)22)14-6-4-3-5-7-14/h3-11,17H,2,12H2,1H3,(H2,19,22)(H,20,21). The molecule has 2 amide bonds. The van der Waals surface area contributed by atoms with Gasteiger partial charge in [-0.1, -0.05) is 42.5 Å². The van der Waals surface area contributed by atoms with Gasteiger partial charge in [0.05, 0.1) is 13.0 Å². The fourth-order valence-corrected chi connectivity index (χ4v) is 2.23. The third-order valence-electron chi connectivity index (χ3n) is 3.32. The quantitative estimate of drug-likeness (QED) is 0.820. The summed E-state index contributed by atoms with van der Waals surface area (Å²) in [6, 6.07) is 15.4. The number of nitrogens with two attached hydrogens (primary N) is 1. The van der Waals surface area contributed by atoms with Crippen LogP contribution < -0.4 is 15.8 Å². The number of rotatable bonds is 7. The van der Waals surface area contributed by atoms with Gasteiger partial charge in [-0.2, -0.15) is 0 Å². The Labute approximate surface area is 135 Å². The fourth-order valence-electron chi connectivity index (χ4n) is 2.23. The molecule has 23 heavy (non-hydrogen) atoms. The minimum absolute atomic E-state index is 0.170. The molecule has 2 rings (SSSR count). The maximum atomic E-state index is 12.2. The molecule has 0 aliphatic heterocycles. The van der Waals surface area contributed by atoms with E-state index in [4.69, 9.17) is 10.5 Å². The first kappa shape index (κ1) is 16.5. The van der Waals surface area contributed by atoms with Crippen molar-refractivity contribution in [2.24, 2.45) is 5.73 Å². The number of benzene rings is 2. The van der Waals surface area contributed by atoms with Gasteiger partial charge in [0.15, 0.2) is 0 Å². The van der Waals surface area contributed by atoms with E-state index in [2.05, 4.69) is 5.32 Å². The summed E-state index contributed by atoms with van der Waals surface area (Å²) in [6.45, 7) is 2.51. The molecular weight excluding hydrogens is 292 g/mol. The van der Waals surface area contributed by atoms with Gasteiger partial charge in [0.25, 0.3) is 0 Å². The molecule has 0 aliphatic rings. The smallest absolute Gasteiger partial charge is 0.244 e. The molecule has 0 aromatic heterocycles. The number of hydrogen-bond donors (Lipinski definition) is 2. The largest absolute Gasteiger partial charge is 0.494 e. The highest BCUT2D eigenvalue weighted by Crippen LogP contribution is 2.14. The molecule has 1 unspecified atom stereocenters. The van der Waals surface area contributed by atoms with Crippen LogP contribution in [0.4, 0.5) is 0 Å². The lowest BCUT2D eigenvalue weighted by molar-refractivity contribution is -0.127. The predicted octanol–water partition coefficient (Wildman–Crippen LogP) is 1.97.